The van der Waals surface area contributed by atoms with Gasteiger partial charge in [0.05, 0.1) is 4.90 Å². The van der Waals surface area contributed by atoms with Gasteiger partial charge in [-0.3, -0.25) is 4.79 Å². The molecule has 0 aliphatic carbocycles. The molecule has 1 fully saturated rings. The van der Waals surface area contributed by atoms with Crippen LogP contribution in [0, 0.1) is 5.92 Å². The van der Waals surface area contributed by atoms with Crippen LogP contribution >= 0.6 is 0 Å². The first-order chi connectivity index (χ1) is 13.5. The summed E-state index contributed by atoms with van der Waals surface area (Å²) in [4.78, 5) is 12.6. The van der Waals surface area contributed by atoms with Gasteiger partial charge in [-0.15, -0.1) is 0 Å². The molecule has 1 aliphatic heterocycles. The molecular weight excluding hydrogens is 372 g/mol. The summed E-state index contributed by atoms with van der Waals surface area (Å²) in [6.07, 6.45) is 1.89. The Labute approximate surface area is 167 Å². The van der Waals surface area contributed by atoms with Crippen molar-refractivity contribution in [3.63, 3.8) is 0 Å². The molecule has 1 amide bonds. The number of nitrogens with zero attached hydrogens (tertiary/aromatic N) is 1. The van der Waals surface area contributed by atoms with Gasteiger partial charge in [-0.25, -0.2) is 8.42 Å². The van der Waals surface area contributed by atoms with E-state index in [0.29, 0.717) is 43.8 Å². The molecule has 0 saturated carbocycles. The van der Waals surface area contributed by atoms with Crippen LogP contribution in [0.1, 0.15) is 37.7 Å². The Balaban J connectivity index is 1.44. The van der Waals surface area contributed by atoms with Crippen LogP contribution in [0.2, 0.25) is 0 Å². The molecule has 3 rings (SSSR count). The second-order valence-corrected chi connectivity index (χ2v) is 9.42. The average molecular weight is 401 g/mol. The highest BCUT2D eigenvalue weighted by Crippen LogP contribution is 2.25. The molecule has 0 spiro atoms. The van der Waals surface area contributed by atoms with Crippen LogP contribution in [-0.2, 0) is 14.8 Å². The normalized spacial score (nSPS) is 17.2. The number of nitrogens with one attached hydrogen (secondary N) is 1. The third-order valence-corrected chi connectivity index (χ3v) is 7.32. The molecule has 0 bridgehead atoms. The Morgan fingerprint density at radius 3 is 2.21 bits per heavy atom. The topological polar surface area (TPSA) is 66.5 Å². The van der Waals surface area contributed by atoms with Crippen LogP contribution in [0.4, 0.5) is 0 Å². The van der Waals surface area contributed by atoms with Crippen LogP contribution in [-0.4, -0.2) is 38.3 Å². The lowest BCUT2D eigenvalue weighted by Gasteiger charge is -2.31. The van der Waals surface area contributed by atoms with Crippen molar-refractivity contribution < 1.29 is 13.2 Å². The maximum atomic E-state index is 12.7. The fourth-order valence-electron chi connectivity index (χ4n) is 3.60. The minimum absolute atomic E-state index is 0.0483. The molecule has 1 heterocycles. The molecule has 0 unspecified atom stereocenters. The summed E-state index contributed by atoms with van der Waals surface area (Å²) in [6.45, 7) is 3.65. The summed E-state index contributed by atoms with van der Waals surface area (Å²) in [5.41, 5.74) is 1.21. The minimum Gasteiger partial charge on any atom is -0.355 e. The van der Waals surface area contributed by atoms with E-state index < -0.39 is 10.0 Å². The molecule has 2 aromatic rings. The van der Waals surface area contributed by atoms with Crippen molar-refractivity contribution in [3.8, 4) is 0 Å². The molecular formula is C22H28N2O3S. The number of hydrogen-bond donors (Lipinski definition) is 1. The van der Waals surface area contributed by atoms with Gasteiger partial charge in [0.1, 0.15) is 0 Å². The zero-order chi connectivity index (χ0) is 20.0. The molecule has 28 heavy (non-hydrogen) atoms. The molecule has 6 heteroatoms. The molecule has 1 atom stereocenters. The van der Waals surface area contributed by atoms with Crippen LogP contribution in [0.25, 0.3) is 0 Å². The smallest absolute Gasteiger partial charge is 0.243 e. The first-order valence-electron chi connectivity index (χ1n) is 9.83. The van der Waals surface area contributed by atoms with E-state index in [9.17, 15) is 13.2 Å². The Morgan fingerprint density at radius 2 is 1.61 bits per heavy atom. The monoisotopic (exact) mass is 400 g/mol. The van der Waals surface area contributed by atoms with Crippen LogP contribution in [0.5, 0.6) is 0 Å². The fourth-order valence-corrected chi connectivity index (χ4v) is 5.09. The van der Waals surface area contributed by atoms with Gasteiger partial charge < -0.3 is 5.32 Å². The maximum absolute atomic E-state index is 12.7. The van der Waals surface area contributed by atoms with Crippen LogP contribution < -0.4 is 5.32 Å². The van der Waals surface area contributed by atoms with Crippen molar-refractivity contribution in [2.75, 3.05) is 19.6 Å². The quantitative estimate of drug-likeness (QED) is 0.775. The second kappa shape index (κ2) is 9.34. The Hall–Kier alpha value is -2.18. The van der Waals surface area contributed by atoms with E-state index >= 15 is 0 Å². The third-order valence-electron chi connectivity index (χ3n) is 5.40. The molecule has 2 aromatic carbocycles. The number of sulfonamides is 1. The maximum Gasteiger partial charge on any atom is 0.243 e. The van der Waals surface area contributed by atoms with Crippen molar-refractivity contribution in [3.05, 3.63) is 66.2 Å². The zero-order valence-corrected chi connectivity index (χ0v) is 17.1. The van der Waals surface area contributed by atoms with Gasteiger partial charge in [-0.05, 0) is 42.4 Å². The largest absolute Gasteiger partial charge is 0.355 e. The highest BCUT2D eigenvalue weighted by atomic mass is 32.2. The zero-order valence-electron chi connectivity index (χ0n) is 16.3. The van der Waals surface area contributed by atoms with Gasteiger partial charge in [-0.1, -0.05) is 55.5 Å². The van der Waals surface area contributed by atoms with Crippen LogP contribution in [0.15, 0.2) is 65.6 Å². The Bertz CT molecular complexity index is 861. The summed E-state index contributed by atoms with van der Waals surface area (Å²) < 4.78 is 26.9. The number of amides is 1. The average Bonchev–Trinajstić information content (AvgIpc) is 2.73. The van der Waals surface area contributed by atoms with Crippen molar-refractivity contribution in [2.45, 2.75) is 37.0 Å². The van der Waals surface area contributed by atoms with E-state index in [1.165, 1.54) is 9.87 Å². The predicted octanol–water partition coefficient (Wildman–Crippen LogP) is 3.40. The lowest BCUT2D eigenvalue weighted by atomic mass is 9.94. The summed E-state index contributed by atoms with van der Waals surface area (Å²) >= 11 is 0. The summed E-state index contributed by atoms with van der Waals surface area (Å²) in [5.74, 6) is 0.546. The Kier molecular flexibility index (Phi) is 6.86. The number of rotatable bonds is 7. The molecule has 0 aromatic heterocycles. The summed E-state index contributed by atoms with van der Waals surface area (Å²) in [7, 11) is -3.43. The van der Waals surface area contributed by atoms with Gasteiger partial charge in [0.25, 0.3) is 0 Å². The van der Waals surface area contributed by atoms with E-state index in [2.05, 4.69) is 24.4 Å². The third kappa shape index (κ3) is 5.20. The highest BCUT2D eigenvalue weighted by Gasteiger charge is 2.30. The van der Waals surface area contributed by atoms with Crippen molar-refractivity contribution in [1.29, 1.82) is 0 Å². The lowest BCUT2D eigenvalue weighted by Crippen LogP contribution is -2.39. The van der Waals surface area contributed by atoms with Gasteiger partial charge in [0.2, 0.25) is 15.9 Å². The summed E-state index contributed by atoms with van der Waals surface area (Å²) in [5, 5.41) is 3.02. The van der Waals surface area contributed by atoms with E-state index in [1.807, 2.05) is 24.3 Å². The van der Waals surface area contributed by atoms with Gasteiger partial charge in [-0.2, -0.15) is 4.31 Å². The number of piperidine rings is 1. The first kappa shape index (κ1) is 20.6. The predicted molar refractivity (Wildman–Crippen MR) is 110 cm³/mol. The number of benzene rings is 2. The fraction of sp³-hybridized carbons (Fsp3) is 0.409. The van der Waals surface area contributed by atoms with Gasteiger partial charge in [0.15, 0.2) is 0 Å². The lowest BCUT2D eigenvalue weighted by molar-refractivity contribution is -0.122. The number of carbonyl (C=O) groups excluding carboxylic acids is 1. The molecule has 5 nitrogen and oxygen atoms in total. The molecule has 1 aliphatic rings. The van der Waals surface area contributed by atoms with E-state index in [-0.39, 0.29) is 17.7 Å². The summed E-state index contributed by atoms with van der Waals surface area (Å²) in [6, 6.07) is 18.7. The minimum atomic E-state index is -3.43. The van der Waals surface area contributed by atoms with Gasteiger partial charge >= 0.3 is 0 Å². The SMILES string of the molecule is C[C@H](CNC(=O)CC1CCN(S(=O)(=O)c2ccccc2)CC1)c1ccccc1. The van der Waals surface area contributed by atoms with Gasteiger partial charge in [0, 0.05) is 26.1 Å². The van der Waals surface area contributed by atoms with Crippen molar-refractivity contribution >= 4 is 15.9 Å². The molecule has 0 radical (unpaired) electrons. The number of carbonyl (C=O) groups is 1. The molecule has 1 saturated heterocycles. The van der Waals surface area contributed by atoms with E-state index in [4.69, 9.17) is 0 Å². The van der Waals surface area contributed by atoms with E-state index in [1.54, 1.807) is 24.3 Å². The Morgan fingerprint density at radius 1 is 1.04 bits per heavy atom. The molecule has 150 valence electrons. The number of hydrogen-bond acceptors (Lipinski definition) is 3. The van der Waals surface area contributed by atoms with Crippen LogP contribution in [0.3, 0.4) is 0 Å². The first-order valence-corrected chi connectivity index (χ1v) is 11.3. The van der Waals surface area contributed by atoms with Crippen molar-refractivity contribution in [2.24, 2.45) is 5.92 Å². The highest BCUT2D eigenvalue weighted by molar-refractivity contribution is 7.89. The van der Waals surface area contributed by atoms with E-state index in [0.717, 1.165) is 0 Å². The molecule has 1 N–H and O–H groups in total. The van der Waals surface area contributed by atoms with Crippen molar-refractivity contribution in [1.82, 2.24) is 9.62 Å². The standard InChI is InChI=1S/C22H28N2O3S/c1-18(20-8-4-2-5-9-20)17-23-22(25)16-19-12-14-24(15-13-19)28(26,27)21-10-6-3-7-11-21/h2-11,18-19H,12-17H2,1H3,(H,23,25)/t18-/m1/s1. The second-order valence-electron chi connectivity index (χ2n) is 7.48.